The van der Waals surface area contributed by atoms with Crippen molar-refractivity contribution in [1.82, 2.24) is 14.6 Å². The number of methoxy groups -OCH3 is 1. The second-order valence-electron chi connectivity index (χ2n) is 6.41. The summed E-state index contributed by atoms with van der Waals surface area (Å²) in [7, 11) is -2.14. The fraction of sp³-hybridized carbons (Fsp3) is 0.250. The highest BCUT2D eigenvalue weighted by molar-refractivity contribution is 7.89. The van der Waals surface area contributed by atoms with Crippen LogP contribution in [-0.2, 0) is 10.0 Å². The minimum Gasteiger partial charge on any atom is -0.496 e. The number of rotatable bonds is 4. The van der Waals surface area contributed by atoms with E-state index in [0.717, 1.165) is 10.9 Å². The third-order valence-corrected chi connectivity index (χ3v) is 6.81. The molecule has 1 aromatic heterocycles. The molecule has 148 valence electrons. The van der Waals surface area contributed by atoms with E-state index >= 15 is 0 Å². The van der Waals surface area contributed by atoms with Crippen molar-refractivity contribution in [2.75, 3.05) is 26.7 Å². The summed E-state index contributed by atoms with van der Waals surface area (Å²) in [6, 6.07) is 16.1. The van der Waals surface area contributed by atoms with Crippen LogP contribution in [0.4, 0.5) is 0 Å². The van der Waals surface area contributed by atoms with Crippen molar-refractivity contribution in [3.8, 4) is 5.75 Å². The molecule has 0 spiro atoms. The molecule has 1 aliphatic rings. The molecule has 1 atom stereocenters. The standard InChI is InChI=1S/C20H21N3O3S.ClH/c1-26-18-9-3-2-8-16(18)17-14-21-12-13-23(17)27(24,25)19-10-4-6-15-7-5-11-22-20(15)19;/h2-11,17,21H,12-14H2,1H3;1H. The number of nitrogens with one attached hydrogen (secondary N) is 1. The summed E-state index contributed by atoms with van der Waals surface area (Å²) < 4.78 is 34.2. The highest BCUT2D eigenvalue weighted by Crippen LogP contribution is 2.35. The third-order valence-electron chi connectivity index (χ3n) is 4.87. The second-order valence-corrected chi connectivity index (χ2v) is 8.27. The van der Waals surface area contributed by atoms with E-state index in [4.69, 9.17) is 4.74 Å². The summed E-state index contributed by atoms with van der Waals surface area (Å²) in [5.41, 5.74) is 1.35. The average molecular weight is 420 g/mol. The molecule has 1 saturated heterocycles. The lowest BCUT2D eigenvalue weighted by atomic mass is 10.0. The Hall–Kier alpha value is -2.19. The maximum atomic E-state index is 13.6. The van der Waals surface area contributed by atoms with E-state index in [1.54, 1.807) is 35.8 Å². The monoisotopic (exact) mass is 419 g/mol. The molecule has 3 aromatic rings. The van der Waals surface area contributed by atoms with Gasteiger partial charge < -0.3 is 10.1 Å². The molecule has 2 heterocycles. The first-order valence-electron chi connectivity index (χ1n) is 8.82. The van der Waals surface area contributed by atoms with Crippen LogP contribution in [0, 0.1) is 0 Å². The molecule has 28 heavy (non-hydrogen) atoms. The third kappa shape index (κ3) is 3.58. The molecule has 2 aromatic carbocycles. The van der Waals surface area contributed by atoms with Gasteiger partial charge in [-0.1, -0.05) is 36.4 Å². The number of hydrogen-bond acceptors (Lipinski definition) is 5. The van der Waals surface area contributed by atoms with Crippen molar-refractivity contribution in [2.45, 2.75) is 10.9 Å². The molecule has 1 N–H and O–H groups in total. The van der Waals surface area contributed by atoms with Crippen LogP contribution in [0.1, 0.15) is 11.6 Å². The van der Waals surface area contributed by atoms with E-state index in [1.807, 2.05) is 36.4 Å². The molecule has 1 unspecified atom stereocenters. The molecule has 6 nitrogen and oxygen atoms in total. The molecule has 8 heteroatoms. The number of halogens is 1. The molecule has 1 aliphatic heterocycles. The van der Waals surface area contributed by atoms with Crippen molar-refractivity contribution < 1.29 is 13.2 Å². The first-order chi connectivity index (χ1) is 13.1. The Bertz CT molecular complexity index is 1070. The van der Waals surface area contributed by atoms with Crippen LogP contribution < -0.4 is 10.1 Å². The molecule has 0 radical (unpaired) electrons. The topological polar surface area (TPSA) is 71.5 Å². The first-order valence-corrected chi connectivity index (χ1v) is 10.3. The zero-order valence-corrected chi connectivity index (χ0v) is 17.0. The average Bonchev–Trinajstić information content (AvgIpc) is 2.73. The molecule has 1 fully saturated rings. The van der Waals surface area contributed by atoms with Gasteiger partial charge in [-0.05, 0) is 18.2 Å². The van der Waals surface area contributed by atoms with E-state index in [9.17, 15) is 8.42 Å². The van der Waals surface area contributed by atoms with Gasteiger partial charge in [-0.25, -0.2) is 8.42 Å². The molecule has 0 amide bonds. The molecular formula is C20H22ClN3O3S. The number of ether oxygens (including phenoxy) is 1. The minimum absolute atomic E-state index is 0. The lowest BCUT2D eigenvalue weighted by Gasteiger charge is -2.36. The summed E-state index contributed by atoms with van der Waals surface area (Å²) in [6.07, 6.45) is 1.62. The van der Waals surface area contributed by atoms with Gasteiger partial charge in [-0.15, -0.1) is 12.4 Å². The summed E-state index contributed by atoms with van der Waals surface area (Å²) in [6.45, 7) is 1.51. The van der Waals surface area contributed by atoms with Crippen molar-refractivity contribution in [3.05, 3.63) is 66.4 Å². The Kier molecular flexibility index (Phi) is 6.20. The van der Waals surface area contributed by atoms with E-state index in [-0.39, 0.29) is 23.3 Å². The van der Waals surface area contributed by atoms with Crippen LogP contribution in [0.25, 0.3) is 10.9 Å². The van der Waals surface area contributed by atoms with Crippen LogP contribution >= 0.6 is 12.4 Å². The predicted molar refractivity (Wildman–Crippen MR) is 111 cm³/mol. The number of nitrogens with zero attached hydrogens (tertiary/aromatic N) is 2. The fourth-order valence-corrected chi connectivity index (χ4v) is 5.36. The van der Waals surface area contributed by atoms with Crippen LogP contribution in [0.15, 0.2) is 65.7 Å². The number of benzene rings is 2. The normalized spacial score (nSPS) is 17.8. The summed E-state index contributed by atoms with van der Waals surface area (Å²) in [5, 5.41) is 4.11. The van der Waals surface area contributed by atoms with Gasteiger partial charge in [0.05, 0.1) is 18.7 Å². The fourth-order valence-electron chi connectivity index (χ4n) is 3.59. The predicted octanol–water partition coefficient (Wildman–Crippen LogP) is 3.00. The second kappa shape index (κ2) is 8.45. The maximum Gasteiger partial charge on any atom is 0.245 e. The van der Waals surface area contributed by atoms with Crippen LogP contribution in [0.3, 0.4) is 0 Å². The van der Waals surface area contributed by atoms with E-state index in [0.29, 0.717) is 30.9 Å². The van der Waals surface area contributed by atoms with Gasteiger partial charge in [0, 0.05) is 36.8 Å². The van der Waals surface area contributed by atoms with Gasteiger partial charge in [0.15, 0.2) is 0 Å². The van der Waals surface area contributed by atoms with Crippen molar-refractivity contribution in [3.63, 3.8) is 0 Å². The van der Waals surface area contributed by atoms with Gasteiger partial charge in [-0.2, -0.15) is 4.31 Å². The Morgan fingerprint density at radius 3 is 2.71 bits per heavy atom. The summed E-state index contributed by atoms with van der Waals surface area (Å²) in [5.74, 6) is 0.683. The van der Waals surface area contributed by atoms with Crippen LogP contribution in [-0.4, -0.2) is 44.5 Å². The van der Waals surface area contributed by atoms with E-state index in [1.165, 1.54) is 0 Å². The Balaban J connectivity index is 0.00000225. The van der Waals surface area contributed by atoms with Crippen molar-refractivity contribution >= 4 is 33.3 Å². The largest absolute Gasteiger partial charge is 0.496 e. The lowest BCUT2D eigenvalue weighted by Crippen LogP contribution is -2.48. The highest BCUT2D eigenvalue weighted by Gasteiger charge is 2.36. The quantitative estimate of drug-likeness (QED) is 0.703. The molecule has 4 rings (SSSR count). The Morgan fingerprint density at radius 1 is 1.11 bits per heavy atom. The summed E-state index contributed by atoms with van der Waals surface area (Å²) in [4.78, 5) is 4.57. The smallest absolute Gasteiger partial charge is 0.245 e. The Labute approximate surface area is 171 Å². The van der Waals surface area contributed by atoms with Crippen molar-refractivity contribution in [1.29, 1.82) is 0 Å². The number of para-hydroxylation sites is 2. The number of pyridine rings is 1. The molecule has 0 saturated carbocycles. The molecule has 0 bridgehead atoms. The van der Waals surface area contributed by atoms with Crippen molar-refractivity contribution in [2.24, 2.45) is 0 Å². The van der Waals surface area contributed by atoms with Crippen LogP contribution in [0.5, 0.6) is 5.75 Å². The number of hydrogen-bond donors (Lipinski definition) is 1. The zero-order valence-electron chi connectivity index (χ0n) is 15.4. The van der Waals surface area contributed by atoms with Gasteiger partial charge in [0.25, 0.3) is 0 Å². The number of piperazine rings is 1. The number of fused-ring (bicyclic) bond motifs is 1. The van der Waals surface area contributed by atoms with E-state index < -0.39 is 10.0 Å². The summed E-state index contributed by atoms with van der Waals surface area (Å²) >= 11 is 0. The maximum absolute atomic E-state index is 13.6. The minimum atomic E-state index is -3.74. The zero-order chi connectivity index (χ0) is 18.9. The van der Waals surface area contributed by atoms with Gasteiger partial charge in [0.1, 0.15) is 10.6 Å². The molecular weight excluding hydrogens is 398 g/mol. The highest BCUT2D eigenvalue weighted by atomic mass is 35.5. The first kappa shape index (κ1) is 20.5. The van der Waals surface area contributed by atoms with Gasteiger partial charge >= 0.3 is 0 Å². The Morgan fingerprint density at radius 2 is 1.89 bits per heavy atom. The lowest BCUT2D eigenvalue weighted by molar-refractivity contribution is 0.265. The molecule has 0 aliphatic carbocycles. The van der Waals surface area contributed by atoms with E-state index in [2.05, 4.69) is 10.3 Å². The number of aromatic nitrogens is 1. The van der Waals surface area contributed by atoms with Gasteiger partial charge in [-0.3, -0.25) is 4.98 Å². The van der Waals surface area contributed by atoms with Gasteiger partial charge in [0.2, 0.25) is 10.0 Å². The SMILES string of the molecule is COc1ccccc1C1CNCCN1S(=O)(=O)c1cccc2cccnc12.Cl. The van der Waals surface area contributed by atoms with Crippen LogP contribution in [0.2, 0.25) is 0 Å². The number of sulfonamides is 1.